The van der Waals surface area contributed by atoms with E-state index in [1.807, 2.05) is 43.3 Å². The van der Waals surface area contributed by atoms with E-state index in [0.717, 1.165) is 16.9 Å². The van der Waals surface area contributed by atoms with Gasteiger partial charge in [0.25, 0.3) is 0 Å². The predicted octanol–water partition coefficient (Wildman–Crippen LogP) is 3.54. The van der Waals surface area contributed by atoms with Crippen molar-refractivity contribution in [3.05, 3.63) is 77.4 Å². The fraction of sp³-hybridized carbons (Fsp3) is 0.333. The standard InChI is InChI=1S/C21H25N3O3/c1-16(21-23-20(24-27-21)14-17-7-4-3-5-8-17)22-15-18-9-6-10-19(13-18)26-12-11-25-2/h3-10,13,16,22H,11-12,14-15H2,1-2H3. The van der Waals surface area contributed by atoms with Crippen LogP contribution in [0.25, 0.3) is 0 Å². The molecule has 1 aromatic heterocycles. The topological polar surface area (TPSA) is 69.4 Å². The highest BCUT2D eigenvalue weighted by Gasteiger charge is 2.14. The van der Waals surface area contributed by atoms with Crippen molar-refractivity contribution >= 4 is 0 Å². The van der Waals surface area contributed by atoms with Crippen molar-refractivity contribution in [1.82, 2.24) is 15.5 Å². The molecule has 1 atom stereocenters. The molecule has 0 radical (unpaired) electrons. The zero-order valence-electron chi connectivity index (χ0n) is 15.7. The zero-order chi connectivity index (χ0) is 18.9. The van der Waals surface area contributed by atoms with Gasteiger partial charge in [-0.25, -0.2) is 0 Å². The molecule has 0 saturated heterocycles. The van der Waals surface area contributed by atoms with E-state index in [1.54, 1.807) is 7.11 Å². The summed E-state index contributed by atoms with van der Waals surface area (Å²) in [7, 11) is 1.66. The molecule has 0 spiro atoms. The van der Waals surface area contributed by atoms with Gasteiger partial charge in [0.1, 0.15) is 12.4 Å². The molecule has 27 heavy (non-hydrogen) atoms. The van der Waals surface area contributed by atoms with E-state index in [-0.39, 0.29) is 6.04 Å². The van der Waals surface area contributed by atoms with Crippen molar-refractivity contribution in [1.29, 1.82) is 0 Å². The SMILES string of the molecule is COCCOc1cccc(CNC(C)c2nc(Cc3ccccc3)no2)c1. The molecule has 0 saturated carbocycles. The van der Waals surface area contributed by atoms with Crippen LogP contribution in [-0.2, 0) is 17.7 Å². The number of rotatable bonds is 10. The molecule has 1 N–H and O–H groups in total. The predicted molar refractivity (Wildman–Crippen MR) is 103 cm³/mol. The van der Waals surface area contributed by atoms with E-state index < -0.39 is 0 Å². The van der Waals surface area contributed by atoms with Crippen molar-refractivity contribution < 1.29 is 14.0 Å². The van der Waals surface area contributed by atoms with Crippen LogP contribution in [0.2, 0.25) is 0 Å². The minimum absolute atomic E-state index is 0.0416. The van der Waals surface area contributed by atoms with Gasteiger partial charge in [0.05, 0.1) is 12.6 Å². The number of ether oxygens (including phenoxy) is 2. The minimum Gasteiger partial charge on any atom is -0.491 e. The summed E-state index contributed by atoms with van der Waals surface area (Å²) in [5, 5.41) is 7.50. The first kappa shape index (κ1) is 19.1. The van der Waals surface area contributed by atoms with Crippen molar-refractivity contribution in [2.75, 3.05) is 20.3 Å². The highest BCUT2D eigenvalue weighted by atomic mass is 16.5. The minimum atomic E-state index is -0.0416. The van der Waals surface area contributed by atoms with Crippen LogP contribution < -0.4 is 10.1 Å². The Labute approximate surface area is 159 Å². The van der Waals surface area contributed by atoms with Gasteiger partial charge >= 0.3 is 0 Å². The summed E-state index contributed by atoms with van der Waals surface area (Å²) in [6, 6.07) is 18.1. The Kier molecular flexibility index (Phi) is 6.96. The molecule has 6 nitrogen and oxygen atoms in total. The van der Waals surface area contributed by atoms with Crippen molar-refractivity contribution in [2.24, 2.45) is 0 Å². The van der Waals surface area contributed by atoms with Gasteiger partial charge in [-0.1, -0.05) is 47.6 Å². The third-order valence-electron chi connectivity index (χ3n) is 4.13. The maximum Gasteiger partial charge on any atom is 0.243 e. The number of hydrogen-bond donors (Lipinski definition) is 1. The summed E-state index contributed by atoms with van der Waals surface area (Å²) >= 11 is 0. The van der Waals surface area contributed by atoms with E-state index in [1.165, 1.54) is 0 Å². The first-order valence-corrected chi connectivity index (χ1v) is 9.05. The molecule has 0 fully saturated rings. The molecule has 3 aromatic rings. The molecule has 2 aromatic carbocycles. The third-order valence-corrected chi connectivity index (χ3v) is 4.13. The summed E-state index contributed by atoms with van der Waals surface area (Å²) in [6.45, 7) is 3.80. The third kappa shape index (κ3) is 5.91. The normalized spacial score (nSPS) is 12.1. The lowest BCUT2D eigenvalue weighted by atomic mass is 10.1. The lowest BCUT2D eigenvalue weighted by Gasteiger charge is -2.11. The average molecular weight is 367 g/mol. The number of nitrogens with zero attached hydrogens (tertiary/aromatic N) is 2. The van der Waals surface area contributed by atoms with Gasteiger partial charge in [-0.05, 0) is 30.2 Å². The Bertz CT molecular complexity index is 820. The first-order valence-electron chi connectivity index (χ1n) is 9.05. The zero-order valence-corrected chi connectivity index (χ0v) is 15.7. The quantitative estimate of drug-likeness (QED) is 0.553. The lowest BCUT2D eigenvalue weighted by Crippen LogP contribution is -2.18. The van der Waals surface area contributed by atoms with Gasteiger partial charge in [0, 0.05) is 20.1 Å². The average Bonchev–Trinajstić information content (AvgIpc) is 3.16. The van der Waals surface area contributed by atoms with E-state index in [2.05, 4.69) is 33.7 Å². The molecule has 0 amide bonds. The van der Waals surface area contributed by atoms with Crippen molar-refractivity contribution in [3.63, 3.8) is 0 Å². The number of nitrogens with one attached hydrogen (secondary N) is 1. The molecule has 1 unspecified atom stereocenters. The molecule has 1 heterocycles. The van der Waals surface area contributed by atoms with Gasteiger partial charge < -0.3 is 19.3 Å². The van der Waals surface area contributed by atoms with Crippen molar-refractivity contribution in [2.45, 2.75) is 25.9 Å². The Balaban J connectivity index is 1.52. The van der Waals surface area contributed by atoms with Crippen LogP contribution in [0.15, 0.2) is 59.1 Å². The monoisotopic (exact) mass is 367 g/mol. The summed E-state index contributed by atoms with van der Waals surface area (Å²) in [6.07, 6.45) is 0.665. The molecule has 6 heteroatoms. The summed E-state index contributed by atoms with van der Waals surface area (Å²) < 4.78 is 16.1. The fourth-order valence-electron chi connectivity index (χ4n) is 2.64. The van der Waals surface area contributed by atoms with E-state index >= 15 is 0 Å². The number of methoxy groups -OCH3 is 1. The maximum atomic E-state index is 5.64. The van der Waals surface area contributed by atoms with Crippen LogP contribution in [0.3, 0.4) is 0 Å². The largest absolute Gasteiger partial charge is 0.491 e. The molecule has 0 aliphatic heterocycles. The highest BCUT2D eigenvalue weighted by Crippen LogP contribution is 2.16. The van der Waals surface area contributed by atoms with Gasteiger partial charge in [-0.2, -0.15) is 4.98 Å². The van der Waals surface area contributed by atoms with Crippen molar-refractivity contribution in [3.8, 4) is 5.75 Å². The van der Waals surface area contributed by atoms with Crippen LogP contribution in [0.4, 0.5) is 0 Å². The van der Waals surface area contributed by atoms with Crippen LogP contribution in [0.1, 0.15) is 35.8 Å². The molecule has 142 valence electrons. The smallest absolute Gasteiger partial charge is 0.243 e. The second-order valence-corrected chi connectivity index (χ2v) is 6.30. The second-order valence-electron chi connectivity index (χ2n) is 6.30. The molecule has 3 rings (SSSR count). The lowest BCUT2D eigenvalue weighted by molar-refractivity contribution is 0.146. The van der Waals surface area contributed by atoms with Gasteiger partial charge in [-0.3, -0.25) is 0 Å². The van der Waals surface area contributed by atoms with E-state index in [9.17, 15) is 0 Å². The van der Waals surface area contributed by atoms with Gasteiger partial charge in [0.2, 0.25) is 5.89 Å². The Morgan fingerprint density at radius 3 is 2.67 bits per heavy atom. The van der Waals surface area contributed by atoms with Crippen LogP contribution in [0, 0.1) is 0 Å². The van der Waals surface area contributed by atoms with Crippen LogP contribution in [0.5, 0.6) is 5.75 Å². The molecular weight excluding hydrogens is 342 g/mol. The first-order chi connectivity index (χ1) is 13.2. The summed E-state index contributed by atoms with van der Waals surface area (Å²) in [5.41, 5.74) is 2.29. The second kappa shape index (κ2) is 9.85. The fourth-order valence-corrected chi connectivity index (χ4v) is 2.64. The van der Waals surface area contributed by atoms with E-state index in [4.69, 9.17) is 14.0 Å². The van der Waals surface area contributed by atoms with Crippen LogP contribution >= 0.6 is 0 Å². The highest BCUT2D eigenvalue weighted by molar-refractivity contribution is 5.28. The van der Waals surface area contributed by atoms with E-state index in [0.29, 0.717) is 37.9 Å². The molecule has 0 aliphatic rings. The Morgan fingerprint density at radius 1 is 1.04 bits per heavy atom. The van der Waals surface area contributed by atoms with Crippen LogP contribution in [-0.4, -0.2) is 30.5 Å². The molecular formula is C21H25N3O3. The molecule has 0 aliphatic carbocycles. The van der Waals surface area contributed by atoms with Gasteiger partial charge in [-0.15, -0.1) is 0 Å². The summed E-state index contributed by atoms with van der Waals surface area (Å²) in [4.78, 5) is 4.51. The Hall–Kier alpha value is -2.70. The summed E-state index contributed by atoms with van der Waals surface area (Å²) in [5.74, 6) is 2.12. The number of hydrogen-bond acceptors (Lipinski definition) is 6. The Morgan fingerprint density at radius 2 is 1.85 bits per heavy atom. The number of benzene rings is 2. The number of aromatic nitrogens is 2. The maximum absolute atomic E-state index is 5.64. The van der Waals surface area contributed by atoms with Gasteiger partial charge in [0.15, 0.2) is 5.82 Å². The molecule has 0 bridgehead atoms.